The number of nitrogens with one attached hydrogen (secondary N) is 1. The van der Waals surface area contributed by atoms with Crippen LogP contribution < -0.4 is 10.1 Å². The van der Waals surface area contributed by atoms with Crippen LogP contribution in [-0.2, 0) is 11.2 Å². The van der Waals surface area contributed by atoms with Crippen molar-refractivity contribution in [3.05, 3.63) is 83.7 Å². The number of halogens is 1. The van der Waals surface area contributed by atoms with Crippen LogP contribution in [0, 0.1) is 11.7 Å². The Balaban J connectivity index is 1.92. The first-order chi connectivity index (χ1) is 18.5. The van der Waals surface area contributed by atoms with Gasteiger partial charge in [-0.3, -0.25) is 9.59 Å². The normalized spacial score (nSPS) is 15.3. The summed E-state index contributed by atoms with van der Waals surface area (Å²) in [4.78, 5) is 29.2. The minimum atomic E-state index is -1.96. The smallest absolute Gasteiger partial charge is 0.306 e. The number of carbonyl (C=O) groups is 2. The van der Waals surface area contributed by atoms with E-state index in [2.05, 4.69) is 10.3 Å². The predicted molar refractivity (Wildman–Crippen MR) is 143 cm³/mol. The maximum absolute atomic E-state index is 13.5. The molecule has 1 heterocycles. The molecule has 9 nitrogen and oxygen atoms in total. The molecule has 210 valence electrons. The SMILES string of the molecule is COc1ccc(CCNC(=O)c2nccn2C([C@H](O)C(C)c2ccc(F)cc2)[C@@](O)(CC(=O)O)C(C)C)cc1. The summed E-state index contributed by atoms with van der Waals surface area (Å²) >= 11 is 0. The van der Waals surface area contributed by atoms with Crippen LogP contribution in [0.15, 0.2) is 60.9 Å². The average molecular weight is 542 g/mol. The molecule has 0 spiro atoms. The quantitative estimate of drug-likeness (QED) is 0.260. The van der Waals surface area contributed by atoms with Crippen LogP contribution in [0.5, 0.6) is 5.75 Å². The van der Waals surface area contributed by atoms with Gasteiger partial charge in [0, 0.05) is 24.9 Å². The second-order valence-corrected chi connectivity index (χ2v) is 10.0. The number of amides is 1. The van der Waals surface area contributed by atoms with E-state index in [1.54, 1.807) is 27.9 Å². The van der Waals surface area contributed by atoms with Crippen molar-refractivity contribution in [3.8, 4) is 5.75 Å². The topological polar surface area (TPSA) is 134 Å². The summed E-state index contributed by atoms with van der Waals surface area (Å²) in [6, 6.07) is 11.7. The number of methoxy groups -OCH3 is 1. The van der Waals surface area contributed by atoms with Gasteiger partial charge in [0.1, 0.15) is 17.2 Å². The third-order valence-electron chi connectivity index (χ3n) is 7.21. The molecule has 1 aromatic heterocycles. The van der Waals surface area contributed by atoms with E-state index in [4.69, 9.17) is 4.74 Å². The number of aliphatic hydroxyl groups is 2. The molecule has 4 N–H and O–H groups in total. The van der Waals surface area contributed by atoms with Gasteiger partial charge < -0.3 is 29.9 Å². The van der Waals surface area contributed by atoms with Crippen molar-refractivity contribution in [2.75, 3.05) is 13.7 Å². The monoisotopic (exact) mass is 541 g/mol. The van der Waals surface area contributed by atoms with Crippen LogP contribution in [0.2, 0.25) is 0 Å². The fourth-order valence-corrected chi connectivity index (χ4v) is 4.74. The molecule has 3 aromatic rings. The number of aromatic nitrogens is 2. The van der Waals surface area contributed by atoms with Crippen molar-refractivity contribution in [3.63, 3.8) is 0 Å². The second kappa shape index (κ2) is 12.9. The Bertz CT molecular complexity index is 1240. The lowest BCUT2D eigenvalue weighted by Crippen LogP contribution is -2.52. The number of ether oxygens (including phenoxy) is 1. The van der Waals surface area contributed by atoms with Gasteiger partial charge in [0.05, 0.1) is 25.7 Å². The molecule has 0 radical (unpaired) electrons. The van der Waals surface area contributed by atoms with Gasteiger partial charge >= 0.3 is 5.97 Å². The molecule has 0 fully saturated rings. The van der Waals surface area contributed by atoms with E-state index in [0.29, 0.717) is 18.5 Å². The van der Waals surface area contributed by atoms with Crippen molar-refractivity contribution in [2.45, 2.75) is 57.3 Å². The zero-order valence-electron chi connectivity index (χ0n) is 22.5. The van der Waals surface area contributed by atoms with Gasteiger partial charge in [-0.1, -0.05) is 45.0 Å². The summed E-state index contributed by atoms with van der Waals surface area (Å²) in [6.07, 6.45) is 1.31. The number of imidazole rings is 1. The largest absolute Gasteiger partial charge is 0.497 e. The number of hydrogen-bond donors (Lipinski definition) is 4. The van der Waals surface area contributed by atoms with Gasteiger partial charge in [-0.2, -0.15) is 0 Å². The zero-order chi connectivity index (χ0) is 28.7. The van der Waals surface area contributed by atoms with Crippen LogP contribution in [0.25, 0.3) is 0 Å². The summed E-state index contributed by atoms with van der Waals surface area (Å²) in [7, 11) is 1.58. The van der Waals surface area contributed by atoms with Crippen molar-refractivity contribution in [2.24, 2.45) is 5.92 Å². The molecule has 4 atom stereocenters. The number of aliphatic carboxylic acids is 1. The zero-order valence-corrected chi connectivity index (χ0v) is 22.5. The Hall–Kier alpha value is -3.76. The fourth-order valence-electron chi connectivity index (χ4n) is 4.74. The Morgan fingerprint density at radius 1 is 1.10 bits per heavy atom. The molecule has 1 amide bonds. The standard InChI is InChI=1S/C29H36FN3O6/c1-18(2)29(38,17-24(34)35)26(25(36)19(3)21-7-9-22(30)10-8-21)33-16-15-31-27(33)28(37)32-14-13-20-5-11-23(39-4)12-6-20/h5-12,15-16,18-19,25-26,36,38H,13-14,17H2,1-4H3,(H,32,37)(H,34,35)/t19?,25-,26?,29-/m1/s1. The average Bonchev–Trinajstić information content (AvgIpc) is 3.38. The van der Waals surface area contributed by atoms with Crippen LogP contribution >= 0.6 is 0 Å². The van der Waals surface area contributed by atoms with E-state index < -0.39 is 53.7 Å². The summed E-state index contributed by atoms with van der Waals surface area (Å²) in [5.41, 5.74) is -0.393. The lowest BCUT2D eigenvalue weighted by atomic mass is 9.74. The van der Waals surface area contributed by atoms with Crippen LogP contribution in [0.4, 0.5) is 4.39 Å². The number of carboxylic acids is 1. The lowest BCUT2D eigenvalue weighted by molar-refractivity contribution is -0.153. The first-order valence-corrected chi connectivity index (χ1v) is 12.8. The Morgan fingerprint density at radius 2 is 1.74 bits per heavy atom. The molecular weight excluding hydrogens is 505 g/mol. The van der Waals surface area contributed by atoms with Crippen molar-refractivity contribution in [1.82, 2.24) is 14.9 Å². The number of nitrogens with zero attached hydrogens (tertiary/aromatic N) is 2. The maximum Gasteiger partial charge on any atom is 0.306 e. The second-order valence-electron chi connectivity index (χ2n) is 10.0. The lowest BCUT2D eigenvalue weighted by Gasteiger charge is -2.43. The van der Waals surface area contributed by atoms with Crippen LogP contribution in [0.1, 0.15) is 60.9 Å². The van der Waals surface area contributed by atoms with Crippen molar-refractivity contribution >= 4 is 11.9 Å². The van der Waals surface area contributed by atoms with Crippen LogP contribution in [0.3, 0.4) is 0 Å². The summed E-state index contributed by atoms with van der Waals surface area (Å²) in [5.74, 6) is -2.87. The highest BCUT2D eigenvalue weighted by Gasteiger charge is 2.48. The number of carbonyl (C=O) groups excluding carboxylic acids is 1. The molecule has 10 heteroatoms. The van der Waals surface area contributed by atoms with Crippen molar-refractivity contribution < 1.29 is 34.0 Å². The van der Waals surface area contributed by atoms with E-state index in [9.17, 15) is 29.3 Å². The van der Waals surface area contributed by atoms with E-state index in [1.165, 1.54) is 41.2 Å². The summed E-state index contributed by atoms with van der Waals surface area (Å²) in [6.45, 7) is 5.28. The molecule has 0 aliphatic rings. The molecule has 0 aliphatic heterocycles. The highest BCUT2D eigenvalue weighted by atomic mass is 19.1. The number of benzene rings is 2. The summed E-state index contributed by atoms with van der Waals surface area (Å²) < 4.78 is 20.0. The highest BCUT2D eigenvalue weighted by Crippen LogP contribution is 2.41. The van der Waals surface area contributed by atoms with Gasteiger partial charge in [0.2, 0.25) is 0 Å². The number of hydrogen-bond acceptors (Lipinski definition) is 6. The molecule has 3 rings (SSSR count). The minimum Gasteiger partial charge on any atom is -0.497 e. The molecule has 0 saturated carbocycles. The van der Waals surface area contributed by atoms with Crippen molar-refractivity contribution in [1.29, 1.82) is 0 Å². The van der Waals surface area contributed by atoms with E-state index in [-0.39, 0.29) is 5.82 Å². The molecule has 0 aliphatic carbocycles. The Labute approximate surface area is 227 Å². The number of rotatable bonds is 13. The molecule has 2 aromatic carbocycles. The van der Waals surface area contributed by atoms with Gasteiger partial charge in [0.25, 0.3) is 5.91 Å². The maximum atomic E-state index is 13.5. The third kappa shape index (κ3) is 7.01. The number of carboxylic acid groups (broad SMARTS) is 1. The summed E-state index contributed by atoms with van der Waals surface area (Å²) in [5, 5.41) is 35.9. The number of aliphatic hydroxyl groups excluding tert-OH is 1. The van der Waals surface area contributed by atoms with Gasteiger partial charge in [0.15, 0.2) is 5.82 Å². The third-order valence-corrected chi connectivity index (χ3v) is 7.21. The Kier molecular flexibility index (Phi) is 9.82. The van der Waals surface area contributed by atoms with E-state index in [0.717, 1.165) is 11.3 Å². The van der Waals surface area contributed by atoms with Crippen LogP contribution in [-0.4, -0.2) is 62.1 Å². The molecule has 2 unspecified atom stereocenters. The molecule has 0 saturated heterocycles. The highest BCUT2D eigenvalue weighted by molar-refractivity contribution is 5.90. The minimum absolute atomic E-state index is 0.0791. The van der Waals surface area contributed by atoms with E-state index >= 15 is 0 Å². The van der Waals surface area contributed by atoms with E-state index in [1.807, 2.05) is 24.3 Å². The first-order valence-electron chi connectivity index (χ1n) is 12.8. The fraction of sp³-hybridized carbons (Fsp3) is 0.414. The Morgan fingerprint density at radius 3 is 2.31 bits per heavy atom. The van der Waals surface area contributed by atoms with Gasteiger partial charge in [-0.15, -0.1) is 0 Å². The molecular formula is C29H36FN3O6. The molecule has 39 heavy (non-hydrogen) atoms. The van der Waals surface area contributed by atoms with Gasteiger partial charge in [-0.05, 0) is 47.7 Å². The van der Waals surface area contributed by atoms with Gasteiger partial charge in [-0.25, -0.2) is 9.37 Å². The first kappa shape index (κ1) is 29.8. The predicted octanol–water partition coefficient (Wildman–Crippen LogP) is 3.57. The molecule has 0 bridgehead atoms.